The predicted molar refractivity (Wildman–Crippen MR) is 109 cm³/mol. The topological polar surface area (TPSA) is 58.2 Å². The van der Waals surface area contributed by atoms with E-state index in [0.29, 0.717) is 23.7 Å². The van der Waals surface area contributed by atoms with Crippen molar-refractivity contribution in [3.8, 4) is 0 Å². The third kappa shape index (κ3) is 5.92. The van der Waals surface area contributed by atoms with Crippen LogP contribution in [0.4, 0.5) is 5.69 Å². The average Bonchev–Trinajstić information content (AvgIpc) is 2.62. The molecule has 0 unspecified atom stereocenters. The summed E-state index contributed by atoms with van der Waals surface area (Å²) in [5.74, 6) is 0.0692. The summed E-state index contributed by atoms with van der Waals surface area (Å²) in [6.07, 6.45) is 0. The molecule has 2 N–H and O–H groups in total. The fourth-order valence-corrected chi connectivity index (χ4v) is 3.16. The Morgan fingerprint density at radius 2 is 1.65 bits per heavy atom. The third-order valence-electron chi connectivity index (χ3n) is 3.80. The number of nitrogens with one attached hydrogen (secondary N) is 2. The van der Waals surface area contributed by atoms with E-state index >= 15 is 0 Å². The lowest BCUT2D eigenvalue weighted by molar-refractivity contribution is -0.115. The predicted octanol–water partition coefficient (Wildman–Crippen LogP) is 4.50. The molecule has 0 aliphatic heterocycles. The molecule has 0 radical (unpaired) electrons. The van der Waals surface area contributed by atoms with Crippen LogP contribution in [0.1, 0.15) is 36.7 Å². The zero-order chi connectivity index (χ0) is 19.1. The molecule has 0 aromatic heterocycles. The van der Waals surface area contributed by atoms with Crippen molar-refractivity contribution < 1.29 is 9.59 Å². The van der Waals surface area contributed by atoms with Crippen LogP contribution in [-0.2, 0) is 4.79 Å². The van der Waals surface area contributed by atoms with Crippen molar-refractivity contribution in [3.05, 3.63) is 59.7 Å². The summed E-state index contributed by atoms with van der Waals surface area (Å²) in [5.41, 5.74) is 2.21. The highest BCUT2D eigenvalue weighted by Crippen LogP contribution is 2.25. The number of anilines is 1. The highest BCUT2D eigenvalue weighted by molar-refractivity contribution is 8.00. The van der Waals surface area contributed by atoms with Crippen LogP contribution in [0.2, 0.25) is 0 Å². The quantitative estimate of drug-likeness (QED) is 0.706. The summed E-state index contributed by atoms with van der Waals surface area (Å²) in [4.78, 5) is 26.0. The summed E-state index contributed by atoms with van der Waals surface area (Å²) >= 11 is 1.50. The van der Waals surface area contributed by atoms with E-state index in [0.717, 1.165) is 4.90 Å². The highest BCUT2D eigenvalue weighted by atomic mass is 32.2. The first-order valence-corrected chi connectivity index (χ1v) is 9.66. The van der Waals surface area contributed by atoms with Crippen molar-refractivity contribution in [2.75, 3.05) is 11.9 Å². The third-order valence-corrected chi connectivity index (χ3v) is 4.92. The SMILES string of the molecule is Cc1ccc(S[C@H](C)C(=O)Nc2ccccc2C(=O)NCC(C)C)cc1. The molecule has 2 amide bonds. The van der Waals surface area contributed by atoms with Gasteiger partial charge in [-0.15, -0.1) is 11.8 Å². The lowest BCUT2D eigenvalue weighted by Gasteiger charge is -2.15. The van der Waals surface area contributed by atoms with Crippen molar-refractivity contribution in [1.29, 1.82) is 0 Å². The molecular weight excluding hydrogens is 344 g/mol. The van der Waals surface area contributed by atoms with E-state index in [1.165, 1.54) is 17.3 Å². The molecule has 0 aliphatic rings. The van der Waals surface area contributed by atoms with Crippen LogP contribution in [0, 0.1) is 12.8 Å². The van der Waals surface area contributed by atoms with Crippen LogP contribution < -0.4 is 10.6 Å². The number of thioether (sulfide) groups is 1. The Morgan fingerprint density at radius 1 is 1.00 bits per heavy atom. The van der Waals surface area contributed by atoms with Crippen LogP contribution in [-0.4, -0.2) is 23.6 Å². The first-order chi connectivity index (χ1) is 12.4. The van der Waals surface area contributed by atoms with Gasteiger partial charge in [0.15, 0.2) is 0 Å². The van der Waals surface area contributed by atoms with Gasteiger partial charge in [0.05, 0.1) is 16.5 Å². The normalized spacial score (nSPS) is 11.9. The highest BCUT2D eigenvalue weighted by Gasteiger charge is 2.18. The van der Waals surface area contributed by atoms with Gasteiger partial charge in [0.25, 0.3) is 5.91 Å². The lowest BCUT2D eigenvalue weighted by Crippen LogP contribution is -2.29. The van der Waals surface area contributed by atoms with Gasteiger partial charge in [0.1, 0.15) is 0 Å². The molecule has 1 atom stereocenters. The number of hydrogen-bond donors (Lipinski definition) is 2. The molecule has 0 fully saturated rings. The Hall–Kier alpha value is -2.27. The molecule has 4 nitrogen and oxygen atoms in total. The number of carbonyl (C=O) groups is 2. The van der Waals surface area contributed by atoms with Gasteiger partial charge in [0.2, 0.25) is 5.91 Å². The van der Waals surface area contributed by atoms with Crippen molar-refractivity contribution >= 4 is 29.3 Å². The lowest BCUT2D eigenvalue weighted by atomic mass is 10.1. The smallest absolute Gasteiger partial charge is 0.253 e. The molecule has 0 saturated heterocycles. The van der Waals surface area contributed by atoms with Crippen LogP contribution >= 0.6 is 11.8 Å². The fourth-order valence-electron chi connectivity index (χ4n) is 2.29. The van der Waals surface area contributed by atoms with Gasteiger partial charge < -0.3 is 10.6 Å². The second-order valence-corrected chi connectivity index (χ2v) is 8.13. The molecule has 2 rings (SSSR count). The van der Waals surface area contributed by atoms with Gasteiger partial charge in [0, 0.05) is 11.4 Å². The largest absolute Gasteiger partial charge is 0.352 e. The molecule has 0 bridgehead atoms. The Bertz CT molecular complexity index is 757. The van der Waals surface area contributed by atoms with Crippen LogP contribution in [0.25, 0.3) is 0 Å². The monoisotopic (exact) mass is 370 g/mol. The van der Waals surface area contributed by atoms with E-state index in [1.807, 2.05) is 58.0 Å². The molecule has 138 valence electrons. The van der Waals surface area contributed by atoms with Gasteiger partial charge >= 0.3 is 0 Å². The molecular formula is C21H26N2O2S. The number of rotatable bonds is 7. The van der Waals surface area contributed by atoms with E-state index in [-0.39, 0.29) is 17.1 Å². The summed E-state index contributed by atoms with van der Waals surface area (Å²) < 4.78 is 0. The minimum absolute atomic E-state index is 0.125. The van der Waals surface area contributed by atoms with Gasteiger partial charge in [-0.05, 0) is 44.0 Å². The average molecular weight is 371 g/mol. The number of benzene rings is 2. The summed E-state index contributed by atoms with van der Waals surface area (Å²) in [5, 5.41) is 5.51. The summed E-state index contributed by atoms with van der Waals surface area (Å²) in [7, 11) is 0. The number of aryl methyl sites for hydroxylation is 1. The van der Waals surface area contributed by atoms with Crippen molar-refractivity contribution in [3.63, 3.8) is 0 Å². The van der Waals surface area contributed by atoms with E-state index in [4.69, 9.17) is 0 Å². The fraction of sp³-hybridized carbons (Fsp3) is 0.333. The number of hydrogen-bond acceptors (Lipinski definition) is 3. The van der Waals surface area contributed by atoms with Crippen LogP contribution in [0.5, 0.6) is 0 Å². The number of amides is 2. The van der Waals surface area contributed by atoms with E-state index in [1.54, 1.807) is 18.2 Å². The maximum atomic E-state index is 12.6. The van der Waals surface area contributed by atoms with Gasteiger partial charge in [-0.3, -0.25) is 9.59 Å². The molecule has 26 heavy (non-hydrogen) atoms. The first kappa shape index (κ1) is 20.0. The van der Waals surface area contributed by atoms with E-state index in [9.17, 15) is 9.59 Å². The van der Waals surface area contributed by atoms with Crippen molar-refractivity contribution in [2.45, 2.75) is 37.8 Å². The van der Waals surface area contributed by atoms with Gasteiger partial charge in [-0.1, -0.05) is 43.7 Å². The first-order valence-electron chi connectivity index (χ1n) is 8.78. The molecule has 0 heterocycles. The molecule has 5 heteroatoms. The Balaban J connectivity index is 2.04. The zero-order valence-electron chi connectivity index (χ0n) is 15.7. The zero-order valence-corrected chi connectivity index (χ0v) is 16.5. The second kappa shape index (κ2) is 9.43. The van der Waals surface area contributed by atoms with Crippen LogP contribution in [0.15, 0.2) is 53.4 Å². The Labute approximate surface area is 159 Å². The van der Waals surface area contributed by atoms with Gasteiger partial charge in [-0.25, -0.2) is 0 Å². The summed E-state index contributed by atoms with van der Waals surface area (Å²) in [6.45, 7) is 8.57. The van der Waals surface area contributed by atoms with Crippen molar-refractivity contribution in [1.82, 2.24) is 5.32 Å². The molecule has 2 aromatic carbocycles. The van der Waals surface area contributed by atoms with Crippen LogP contribution in [0.3, 0.4) is 0 Å². The van der Waals surface area contributed by atoms with E-state index < -0.39 is 0 Å². The maximum absolute atomic E-state index is 12.6. The van der Waals surface area contributed by atoms with Crippen molar-refractivity contribution in [2.24, 2.45) is 5.92 Å². The molecule has 2 aromatic rings. The van der Waals surface area contributed by atoms with Gasteiger partial charge in [-0.2, -0.15) is 0 Å². The minimum atomic E-state index is -0.274. The number of carbonyl (C=O) groups excluding carboxylic acids is 2. The second-order valence-electron chi connectivity index (χ2n) is 6.71. The molecule has 0 saturated carbocycles. The molecule has 0 spiro atoms. The molecule has 0 aliphatic carbocycles. The minimum Gasteiger partial charge on any atom is -0.352 e. The Morgan fingerprint density at radius 3 is 2.31 bits per heavy atom. The Kier molecular flexibility index (Phi) is 7.27. The number of para-hydroxylation sites is 1. The standard InChI is InChI=1S/C21H26N2O2S/c1-14(2)13-22-21(25)18-7-5-6-8-19(18)23-20(24)16(4)26-17-11-9-15(3)10-12-17/h5-12,14,16H,13H2,1-4H3,(H,22,25)(H,23,24)/t16-/m1/s1. The summed E-state index contributed by atoms with van der Waals surface area (Å²) in [6, 6.07) is 15.2. The van der Waals surface area contributed by atoms with E-state index in [2.05, 4.69) is 10.6 Å². The maximum Gasteiger partial charge on any atom is 0.253 e.